The van der Waals surface area contributed by atoms with E-state index in [2.05, 4.69) is 5.32 Å². The van der Waals surface area contributed by atoms with Crippen molar-refractivity contribution in [3.8, 4) is 0 Å². The van der Waals surface area contributed by atoms with Crippen LogP contribution in [0, 0.1) is 10.1 Å². The first-order valence-electron chi connectivity index (χ1n) is 7.45. The molecule has 0 saturated carbocycles. The molecule has 2 aromatic rings. The fourth-order valence-electron chi connectivity index (χ4n) is 2.66. The summed E-state index contributed by atoms with van der Waals surface area (Å²) < 4.78 is 0. The van der Waals surface area contributed by atoms with Gasteiger partial charge < -0.3 is 10.2 Å². The highest BCUT2D eigenvalue weighted by Crippen LogP contribution is 2.21. The summed E-state index contributed by atoms with van der Waals surface area (Å²) in [5, 5.41) is 13.4. The molecule has 1 aliphatic heterocycles. The first-order chi connectivity index (χ1) is 11.5. The number of carbonyl (C=O) groups excluding carboxylic acids is 2. The van der Waals surface area contributed by atoms with Gasteiger partial charge in [-0.15, -0.1) is 0 Å². The Morgan fingerprint density at radius 3 is 2.42 bits per heavy atom. The topological polar surface area (TPSA) is 92.6 Å². The zero-order valence-corrected chi connectivity index (χ0v) is 12.7. The third-order valence-corrected chi connectivity index (χ3v) is 3.87. The largest absolute Gasteiger partial charge is 0.347 e. The molecule has 1 aliphatic rings. The quantitative estimate of drug-likeness (QED) is 0.688. The third kappa shape index (κ3) is 3.24. The molecule has 122 valence electrons. The zero-order valence-electron chi connectivity index (χ0n) is 12.7. The Morgan fingerprint density at radius 1 is 1.12 bits per heavy atom. The number of rotatable bonds is 4. The standard InChI is InChI=1S/C17H15N3O4/c21-16-10-13(11-19(16)14-4-2-1-3-5-14)18-17(22)12-6-8-15(9-7-12)20(23)24/h1-9,13H,10-11H2,(H,18,22)/t13-/m0/s1. The second kappa shape index (κ2) is 6.49. The summed E-state index contributed by atoms with van der Waals surface area (Å²) in [6.07, 6.45) is 0.230. The lowest BCUT2D eigenvalue weighted by Gasteiger charge is -2.17. The minimum atomic E-state index is -0.519. The summed E-state index contributed by atoms with van der Waals surface area (Å²) in [5.74, 6) is -0.396. The average molecular weight is 325 g/mol. The maximum Gasteiger partial charge on any atom is 0.269 e. The van der Waals surface area contributed by atoms with Crippen LogP contribution < -0.4 is 10.2 Å². The van der Waals surface area contributed by atoms with Crippen LogP contribution in [0.15, 0.2) is 54.6 Å². The molecule has 2 amide bonds. The van der Waals surface area contributed by atoms with Crippen molar-refractivity contribution in [2.75, 3.05) is 11.4 Å². The Balaban J connectivity index is 1.65. The number of amides is 2. The first-order valence-corrected chi connectivity index (χ1v) is 7.45. The van der Waals surface area contributed by atoms with Gasteiger partial charge in [-0.25, -0.2) is 0 Å². The van der Waals surface area contributed by atoms with E-state index in [9.17, 15) is 19.7 Å². The number of nitrogens with one attached hydrogen (secondary N) is 1. The van der Waals surface area contributed by atoms with E-state index in [1.165, 1.54) is 24.3 Å². The van der Waals surface area contributed by atoms with Crippen LogP contribution in [0.4, 0.5) is 11.4 Å². The molecule has 1 N–H and O–H groups in total. The number of non-ortho nitro benzene ring substituents is 1. The second-order valence-corrected chi connectivity index (χ2v) is 5.52. The summed E-state index contributed by atoms with van der Waals surface area (Å²) in [7, 11) is 0. The summed E-state index contributed by atoms with van der Waals surface area (Å²) >= 11 is 0. The molecule has 0 spiro atoms. The van der Waals surface area contributed by atoms with Crippen LogP contribution in [-0.4, -0.2) is 29.3 Å². The Morgan fingerprint density at radius 2 is 1.79 bits per heavy atom. The first kappa shape index (κ1) is 15.7. The summed E-state index contributed by atoms with van der Waals surface area (Å²) in [6.45, 7) is 0.404. The predicted octanol–water partition coefficient (Wildman–Crippen LogP) is 2.13. The van der Waals surface area contributed by atoms with Crippen molar-refractivity contribution < 1.29 is 14.5 Å². The molecule has 1 fully saturated rings. The second-order valence-electron chi connectivity index (χ2n) is 5.52. The average Bonchev–Trinajstić information content (AvgIpc) is 2.96. The predicted molar refractivity (Wildman–Crippen MR) is 87.8 cm³/mol. The van der Waals surface area contributed by atoms with Crippen molar-refractivity contribution in [1.29, 1.82) is 0 Å². The highest BCUT2D eigenvalue weighted by atomic mass is 16.6. The van der Waals surface area contributed by atoms with Crippen LogP contribution in [0.5, 0.6) is 0 Å². The van der Waals surface area contributed by atoms with Gasteiger partial charge in [-0.1, -0.05) is 18.2 Å². The molecule has 0 aliphatic carbocycles. The molecule has 0 radical (unpaired) electrons. The zero-order chi connectivity index (χ0) is 17.1. The van der Waals surface area contributed by atoms with Crippen LogP contribution in [0.1, 0.15) is 16.8 Å². The van der Waals surface area contributed by atoms with Gasteiger partial charge in [0.05, 0.1) is 11.0 Å². The lowest BCUT2D eigenvalue weighted by atomic mass is 10.1. The normalized spacial score (nSPS) is 16.9. The molecule has 24 heavy (non-hydrogen) atoms. The smallest absolute Gasteiger partial charge is 0.269 e. The number of anilines is 1. The van der Waals surface area contributed by atoms with Crippen molar-refractivity contribution in [1.82, 2.24) is 5.32 Å². The van der Waals surface area contributed by atoms with Gasteiger partial charge in [0.25, 0.3) is 11.6 Å². The van der Waals surface area contributed by atoms with Crippen molar-refractivity contribution in [2.24, 2.45) is 0 Å². The number of nitro groups is 1. The van der Waals surface area contributed by atoms with Gasteiger partial charge in [-0.2, -0.15) is 0 Å². The molecule has 1 atom stereocenters. The Bertz CT molecular complexity index is 774. The van der Waals surface area contributed by atoms with E-state index in [-0.39, 0.29) is 30.0 Å². The molecular weight excluding hydrogens is 310 g/mol. The number of nitro benzene ring substituents is 1. The fraction of sp³-hybridized carbons (Fsp3) is 0.176. The van der Waals surface area contributed by atoms with Gasteiger partial charge in [0, 0.05) is 36.3 Å². The molecule has 7 nitrogen and oxygen atoms in total. The van der Waals surface area contributed by atoms with E-state index >= 15 is 0 Å². The van der Waals surface area contributed by atoms with Crippen molar-refractivity contribution in [3.05, 3.63) is 70.3 Å². The van der Waals surface area contributed by atoms with Gasteiger partial charge in [-0.05, 0) is 24.3 Å². The van der Waals surface area contributed by atoms with Crippen molar-refractivity contribution in [3.63, 3.8) is 0 Å². The van der Waals surface area contributed by atoms with E-state index in [4.69, 9.17) is 0 Å². The molecule has 1 heterocycles. The molecule has 0 aromatic heterocycles. The highest BCUT2D eigenvalue weighted by molar-refractivity contribution is 5.99. The summed E-state index contributed by atoms with van der Waals surface area (Å²) in [4.78, 5) is 36.1. The SMILES string of the molecule is O=C(N[C@H]1CC(=O)N(c2ccccc2)C1)c1ccc([N+](=O)[O-])cc1. The number of benzene rings is 2. The van der Waals surface area contributed by atoms with Crippen LogP contribution in [0.2, 0.25) is 0 Å². The van der Waals surface area contributed by atoms with Crippen LogP contribution in [0.25, 0.3) is 0 Å². The van der Waals surface area contributed by atoms with E-state index in [1.54, 1.807) is 4.90 Å². The van der Waals surface area contributed by atoms with Gasteiger partial charge in [-0.3, -0.25) is 19.7 Å². The molecule has 3 rings (SSSR count). The minimum Gasteiger partial charge on any atom is -0.347 e. The number of hydrogen-bond acceptors (Lipinski definition) is 4. The van der Waals surface area contributed by atoms with Gasteiger partial charge in [0.15, 0.2) is 0 Å². The number of hydrogen-bond donors (Lipinski definition) is 1. The summed E-state index contributed by atoms with van der Waals surface area (Å²) in [5.41, 5.74) is 1.05. The molecule has 0 unspecified atom stereocenters. The Kier molecular flexibility index (Phi) is 4.24. The minimum absolute atomic E-state index is 0.0461. The van der Waals surface area contributed by atoms with E-state index < -0.39 is 4.92 Å². The third-order valence-electron chi connectivity index (χ3n) is 3.87. The molecule has 1 saturated heterocycles. The Labute approximate surface area is 138 Å². The summed E-state index contributed by atoms with van der Waals surface area (Å²) in [6, 6.07) is 14.3. The fourth-order valence-corrected chi connectivity index (χ4v) is 2.66. The molecule has 0 bridgehead atoms. The Hall–Kier alpha value is -3.22. The van der Waals surface area contributed by atoms with Crippen LogP contribution >= 0.6 is 0 Å². The van der Waals surface area contributed by atoms with Crippen LogP contribution in [-0.2, 0) is 4.79 Å². The van der Waals surface area contributed by atoms with Gasteiger partial charge in [0.1, 0.15) is 0 Å². The van der Waals surface area contributed by atoms with Crippen molar-refractivity contribution in [2.45, 2.75) is 12.5 Å². The number of nitrogens with zero attached hydrogens (tertiary/aromatic N) is 2. The number of carbonyl (C=O) groups is 2. The lowest BCUT2D eigenvalue weighted by Crippen LogP contribution is -2.37. The van der Waals surface area contributed by atoms with Gasteiger partial charge >= 0.3 is 0 Å². The van der Waals surface area contributed by atoms with Crippen LogP contribution in [0.3, 0.4) is 0 Å². The maximum atomic E-state index is 12.2. The lowest BCUT2D eigenvalue weighted by molar-refractivity contribution is -0.384. The highest BCUT2D eigenvalue weighted by Gasteiger charge is 2.31. The maximum absolute atomic E-state index is 12.2. The van der Waals surface area contributed by atoms with E-state index in [0.717, 1.165) is 5.69 Å². The van der Waals surface area contributed by atoms with Crippen molar-refractivity contribution >= 4 is 23.2 Å². The number of para-hydroxylation sites is 1. The molecule has 2 aromatic carbocycles. The van der Waals surface area contributed by atoms with E-state index in [1.807, 2.05) is 30.3 Å². The molecular formula is C17H15N3O4. The molecule has 7 heteroatoms. The van der Waals surface area contributed by atoms with E-state index in [0.29, 0.717) is 12.1 Å². The monoisotopic (exact) mass is 325 g/mol. The van der Waals surface area contributed by atoms with Gasteiger partial charge in [0.2, 0.25) is 5.91 Å².